The van der Waals surface area contributed by atoms with Gasteiger partial charge in [-0.3, -0.25) is 4.39 Å². The first-order chi connectivity index (χ1) is 13.5. The van der Waals surface area contributed by atoms with Crippen LogP contribution in [0.25, 0.3) is 0 Å². The number of hydrogen-bond donors (Lipinski definition) is 0. The Balaban J connectivity index is 1.51. The van der Waals surface area contributed by atoms with Crippen molar-refractivity contribution in [2.45, 2.75) is 83.0 Å². The van der Waals surface area contributed by atoms with E-state index >= 15 is 0 Å². The topological polar surface area (TPSA) is 0 Å². The van der Waals surface area contributed by atoms with Crippen LogP contribution < -0.4 is 0 Å². The quantitative estimate of drug-likeness (QED) is 0.414. The molecular weight excluding hydrogens is 357 g/mol. The lowest BCUT2D eigenvalue weighted by atomic mass is 9.66. The Bertz CT molecular complexity index is 611. The predicted octanol–water partition coefficient (Wildman–Crippen LogP) is 7.88. The van der Waals surface area contributed by atoms with Crippen LogP contribution >= 0.6 is 0 Å². The van der Waals surface area contributed by atoms with Crippen molar-refractivity contribution in [2.75, 3.05) is 6.67 Å². The number of aryl methyl sites for hydroxylation is 1. The molecule has 0 aliphatic heterocycles. The van der Waals surface area contributed by atoms with Crippen LogP contribution in [0.3, 0.4) is 0 Å². The molecule has 0 saturated heterocycles. The fraction of sp³-hybridized carbons (Fsp3) is 0.680. The van der Waals surface area contributed by atoms with Crippen LogP contribution in [0, 0.1) is 17.8 Å². The number of alkyl halides is 3. The molecule has 2 atom stereocenters. The summed E-state index contributed by atoms with van der Waals surface area (Å²) in [6.45, 7) is 1.66. The summed E-state index contributed by atoms with van der Waals surface area (Å²) < 4.78 is 42.3. The van der Waals surface area contributed by atoms with Crippen LogP contribution in [0.2, 0.25) is 0 Å². The fourth-order valence-electron chi connectivity index (χ4n) is 5.51. The average molecular weight is 393 g/mol. The highest BCUT2D eigenvalue weighted by Crippen LogP contribution is 2.50. The molecule has 0 amide bonds. The van der Waals surface area contributed by atoms with Gasteiger partial charge in [0.1, 0.15) is 0 Å². The maximum absolute atomic E-state index is 14.9. The Morgan fingerprint density at radius 3 is 2.32 bits per heavy atom. The van der Waals surface area contributed by atoms with E-state index in [1.54, 1.807) is 0 Å². The van der Waals surface area contributed by atoms with Crippen LogP contribution in [0.4, 0.5) is 13.2 Å². The molecule has 0 spiro atoms. The normalized spacial score (nSPS) is 30.6. The van der Waals surface area contributed by atoms with Gasteiger partial charge in [0, 0.05) is 18.8 Å². The molecular formula is C25H35F3. The minimum atomic E-state index is -2.50. The predicted molar refractivity (Wildman–Crippen MR) is 111 cm³/mol. The van der Waals surface area contributed by atoms with Crippen molar-refractivity contribution in [1.29, 1.82) is 0 Å². The zero-order valence-electron chi connectivity index (χ0n) is 17.2. The molecule has 0 aromatic heterocycles. The van der Waals surface area contributed by atoms with E-state index in [0.717, 1.165) is 50.5 Å². The summed E-state index contributed by atoms with van der Waals surface area (Å²) in [4.78, 5) is 0. The van der Waals surface area contributed by atoms with Gasteiger partial charge in [-0.25, -0.2) is 8.78 Å². The van der Waals surface area contributed by atoms with Gasteiger partial charge in [-0.15, -0.1) is 0 Å². The van der Waals surface area contributed by atoms with Gasteiger partial charge in [-0.1, -0.05) is 36.4 Å². The molecule has 0 N–H and O–H groups in total. The van der Waals surface area contributed by atoms with Crippen LogP contribution in [-0.2, 0) is 6.42 Å². The van der Waals surface area contributed by atoms with Gasteiger partial charge in [0.2, 0.25) is 0 Å². The van der Waals surface area contributed by atoms with Gasteiger partial charge in [0.15, 0.2) is 0 Å². The first kappa shape index (κ1) is 21.5. The van der Waals surface area contributed by atoms with E-state index in [0.29, 0.717) is 18.8 Å². The second kappa shape index (κ2) is 9.98. The monoisotopic (exact) mass is 392 g/mol. The second-order valence-electron chi connectivity index (χ2n) is 8.95. The van der Waals surface area contributed by atoms with Crippen LogP contribution in [0.1, 0.15) is 81.8 Å². The fourth-order valence-corrected chi connectivity index (χ4v) is 5.51. The molecule has 0 nitrogen and oxygen atoms in total. The number of allylic oxidation sites excluding steroid dienone is 2. The third-order valence-corrected chi connectivity index (χ3v) is 7.14. The summed E-state index contributed by atoms with van der Waals surface area (Å²) in [5.41, 5.74) is 2.33. The molecule has 0 heterocycles. The molecule has 0 bridgehead atoms. The van der Waals surface area contributed by atoms with Crippen molar-refractivity contribution in [3.05, 3.63) is 47.5 Å². The van der Waals surface area contributed by atoms with E-state index in [2.05, 4.69) is 18.2 Å². The van der Waals surface area contributed by atoms with Crippen LogP contribution in [0.5, 0.6) is 0 Å². The highest BCUT2D eigenvalue weighted by Gasteiger charge is 2.48. The highest BCUT2D eigenvalue weighted by atomic mass is 19.3. The maximum atomic E-state index is 14.9. The Labute approximate surface area is 168 Å². The third-order valence-electron chi connectivity index (χ3n) is 7.14. The van der Waals surface area contributed by atoms with Gasteiger partial charge in [-0.2, -0.15) is 0 Å². The second-order valence-corrected chi connectivity index (χ2v) is 8.95. The Hall–Kier alpha value is -1.25. The molecule has 2 aliphatic carbocycles. The lowest BCUT2D eigenvalue weighted by Crippen LogP contribution is -2.41. The van der Waals surface area contributed by atoms with Crippen molar-refractivity contribution in [1.82, 2.24) is 0 Å². The van der Waals surface area contributed by atoms with Crippen LogP contribution in [0.15, 0.2) is 36.4 Å². The van der Waals surface area contributed by atoms with Crippen molar-refractivity contribution in [2.24, 2.45) is 17.8 Å². The van der Waals surface area contributed by atoms with E-state index in [1.165, 1.54) is 5.56 Å². The van der Waals surface area contributed by atoms with Gasteiger partial charge in [0.25, 0.3) is 5.92 Å². The standard InChI is InChI=1S/C25H35F3/c1-2-3-4-5-20-8-15-24(25(27,28)18-20)23-13-11-22(12-14-23)21-9-6-19(7-10-21)16-17-26/h2-3,6-7,9-10,20,22-24H,4-5,8,11-18H2,1H3/b3-2+. The highest BCUT2D eigenvalue weighted by molar-refractivity contribution is 5.26. The van der Waals surface area contributed by atoms with E-state index in [1.807, 2.05) is 25.1 Å². The number of halogens is 3. The maximum Gasteiger partial charge on any atom is 0.251 e. The summed E-state index contributed by atoms with van der Waals surface area (Å²) in [6.07, 6.45) is 12.0. The molecule has 1 aromatic rings. The van der Waals surface area contributed by atoms with E-state index in [-0.39, 0.29) is 24.9 Å². The van der Waals surface area contributed by atoms with E-state index in [4.69, 9.17) is 0 Å². The minimum Gasteiger partial charge on any atom is -0.251 e. The molecule has 0 radical (unpaired) electrons. The molecule has 28 heavy (non-hydrogen) atoms. The number of benzene rings is 1. The van der Waals surface area contributed by atoms with Gasteiger partial charge in [-0.05, 0) is 87.2 Å². The SMILES string of the molecule is C/C=C/CCC1CCC(C2CCC(c3ccc(CCF)cc3)CC2)C(F)(F)C1. The molecule has 1 aromatic carbocycles. The Kier molecular flexibility index (Phi) is 7.65. The molecule has 2 saturated carbocycles. The first-order valence-electron chi connectivity index (χ1n) is 11.2. The average Bonchev–Trinajstić information content (AvgIpc) is 2.69. The number of rotatable bonds is 7. The summed E-state index contributed by atoms with van der Waals surface area (Å²) >= 11 is 0. The summed E-state index contributed by atoms with van der Waals surface area (Å²) in [5, 5.41) is 0. The smallest absolute Gasteiger partial charge is 0.251 e. The Morgan fingerprint density at radius 2 is 1.71 bits per heavy atom. The molecule has 3 heteroatoms. The van der Waals surface area contributed by atoms with Crippen molar-refractivity contribution in [3.8, 4) is 0 Å². The third kappa shape index (κ3) is 5.42. The van der Waals surface area contributed by atoms with Crippen LogP contribution in [-0.4, -0.2) is 12.6 Å². The van der Waals surface area contributed by atoms with Crippen molar-refractivity contribution < 1.29 is 13.2 Å². The van der Waals surface area contributed by atoms with Crippen molar-refractivity contribution in [3.63, 3.8) is 0 Å². The van der Waals surface area contributed by atoms with Gasteiger partial charge >= 0.3 is 0 Å². The number of hydrogen-bond acceptors (Lipinski definition) is 0. The lowest BCUT2D eigenvalue weighted by molar-refractivity contribution is -0.127. The summed E-state index contributed by atoms with van der Waals surface area (Å²) in [5.74, 6) is -2.08. The zero-order chi connectivity index (χ0) is 20.0. The first-order valence-corrected chi connectivity index (χ1v) is 11.2. The van der Waals surface area contributed by atoms with Gasteiger partial charge < -0.3 is 0 Å². The molecule has 156 valence electrons. The molecule has 2 fully saturated rings. The molecule has 2 unspecified atom stereocenters. The van der Waals surface area contributed by atoms with Crippen molar-refractivity contribution >= 4 is 0 Å². The summed E-state index contributed by atoms with van der Waals surface area (Å²) in [6, 6.07) is 8.26. The Morgan fingerprint density at radius 1 is 1.00 bits per heavy atom. The lowest BCUT2D eigenvalue weighted by Gasteiger charge is -2.42. The molecule has 2 aliphatic rings. The van der Waals surface area contributed by atoms with E-state index in [9.17, 15) is 13.2 Å². The largest absolute Gasteiger partial charge is 0.251 e. The van der Waals surface area contributed by atoms with E-state index < -0.39 is 11.8 Å². The van der Waals surface area contributed by atoms with Gasteiger partial charge in [0.05, 0.1) is 6.67 Å². The zero-order valence-corrected chi connectivity index (χ0v) is 17.2. The molecule has 3 rings (SSSR count). The minimum absolute atomic E-state index is 0.0885. The summed E-state index contributed by atoms with van der Waals surface area (Å²) in [7, 11) is 0.